The number of hydrogen-bond acceptors (Lipinski definition) is 4. The monoisotopic (exact) mass is 272 g/mol. The van der Waals surface area contributed by atoms with Gasteiger partial charge < -0.3 is 10.0 Å². The Hall–Kier alpha value is -2.21. The van der Waals surface area contributed by atoms with Crippen molar-refractivity contribution in [3.8, 4) is 5.69 Å². The summed E-state index contributed by atoms with van der Waals surface area (Å²) < 4.78 is 1.64. The second kappa shape index (κ2) is 5.42. The summed E-state index contributed by atoms with van der Waals surface area (Å²) in [6.45, 7) is 0.748. The van der Waals surface area contributed by atoms with Gasteiger partial charge in [0, 0.05) is 12.1 Å². The summed E-state index contributed by atoms with van der Waals surface area (Å²) in [4.78, 5) is 14.1. The molecule has 1 aromatic carbocycles. The Morgan fingerprint density at radius 2 is 2.15 bits per heavy atom. The molecule has 1 amide bonds. The SMILES string of the molecule is O=C(c1ccc(-n2ccnn2)cc1)N1CCCC1CO. The number of carbonyl (C=O) groups is 1. The van der Waals surface area contributed by atoms with Crippen LogP contribution in [0.4, 0.5) is 0 Å². The topological polar surface area (TPSA) is 71.2 Å². The van der Waals surface area contributed by atoms with Gasteiger partial charge in [0.25, 0.3) is 5.91 Å². The summed E-state index contributed by atoms with van der Waals surface area (Å²) in [5.41, 5.74) is 1.49. The smallest absolute Gasteiger partial charge is 0.254 e. The van der Waals surface area contributed by atoms with E-state index in [1.54, 1.807) is 34.1 Å². The Morgan fingerprint density at radius 3 is 2.80 bits per heavy atom. The average molecular weight is 272 g/mol. The molecule has 6 nitrogen and oxygen atoms in total. The van der Waals surface area contributed by atoms with Gasteiger partial charge in [-0.15, -0.1) is 5.10 Å². The molecule has 0 radical (unpaired) electrons. The van der Waals surface area contributed by atoms with E-state index in [4.69, 9.17) is 0 Å². The highest BCUT2D eigenvalue weighted by atomic mass is 16.3. The van der Waals surface area contributed by atoms with Crippen molar-refractivity contribution < 1.29 is 9.90 Å². The van der Waals surface area contributed by atoms with Crippen LogP contribution in [-0.2, 0) is 0 Å². The molecule has 6 heteroatoms. The first-order chi connectivity index (χ1) is 9.79. The summed E-state index contributed by atoms with van der Waals surface area (Å²) in [5, 5.41) is 16.9. The fraction of sp³-hybridized carbons (Fsp3) is 0.357. The third-order valence-corrected chi connectivity index (χ3v) is 3.65. The molecule has 1 saturated heterocycles. The summed E-state index contributed by atoms with van der Waals surface area (Å²) in [5.74, 6) is -0.0216. The molecule has 0 saturated carbocycles. The molecule has 0 bridgehead atoms. The maximum absolute atomic E-state index is 12.4. The van der Waals surface area contributed by atoms with Crippen LogP contribution in [-0.4, -0.2) is 50.1 Å². The minimum absolute atomic E-state index is 0.0216. The highest BCUT2D eigenvalue weighted by Gasteiger charge is 2.28. The van der Waals surface area contributed by atoms with E-state index in [2.05, 4.69) is 10.3 Å². The zero-order valence-electron chi connectivity index (χ0n) is 11.0. The summed E-state index contributed by atoms with van der Waals surface area (Å²) in [6, 6.07) is 7.20. The Morgan fingerprint density at radius 1 is 1.35 bits per heavy atom. The molecule has 104 valence electrons. The number of amides is 1. The highest BCUT2D eigenvalue weighted by Crippen LogP contribution is 2.20. The van der Waals surface area contributed by atoms with Gasteiger partial charge in [-0.25, -0.2) is 4.68 Å². The molecular weight excluding hydrogens is 256 g/mol. The minimum Gasteiger partial charge on any atom is -0.394 e. The summed E-state index contributed by atoms with van der Waals surface area (Å²) >= 11 is 0. The molecule has 2 aromatic rings. The van der Waals surface area contributed by atoms with Crippen LogP contribution in [0.25, 0.3) is 5.69 Å². The number of nitrogens with zero attached hydrogens (tertiary/aromatic N) is 4. The molecule has 1 N–H and O–H groups in total. The standard InChI is InChI=1S/C14H16N4O2/c19-10-13-2-1-8-17(13)14(20)11-3-5-12(6-4-11)18-9-7-15-16-18/h3-7,9,13,19H,1-2,8,10H2. The molecule has 1 aliphatic rings. The normalized spacial score (nSPS) is 18.4. The van der Waals surface area contributed by atoms with Gasteiger partial charge in [-0.2, -0.15) is 0 Å². The van der Waals surface area contributed by atoms with Crippen molar-refractivity contribution in [2.24, 2.45) is 0 Å². The summed E-state index contributed by atoms with van der Waals surface area (Å²) in [6.07, 6.45) is 5.18. The minimum atomic E-state index is -0.0440. The Bertz CT molecular complexity index is 580. The number of aromatic nitrogens is 3. The molecule has 0 spiro atoms. The van der Waals surface area contributed by atoms with Gasteiger partial charge in [-0.3, -0.25) is 4.79 Å². The molecule has 1 unspecified atom stereocenters. The van der Waals surface area contributed by atoms with Crippen molar-refractivity contribution in [3.63, 3.8) is 0 Å². The maximum atomic E-state index is 12.4. The molecule has 1 aromatic heterocycles. The third kappa shape index (κ3) is 2.30. The molecule has 1 atom stereocenters. The van der Waals surface area contributed by atoms with Gasteiger partial charge in [-0.05, 0) is 37.1 Å². The van der Waals surface area contributed by atoms with E-state index < -0.39 is 0 Å². The molecule has 3 rings (SSSR count). The second-order valence-corrected chi connectivity index (χ2v) is 4.87. The molecule has 2 heterocycles. The van der Waals surface area contributed by atoms with E-state index >= 15 is 0 Å². The van der Waals surface area contributed by atoms with Crippen LogP contribution < -0.4 is 0 Å². The first-order valence-electron chi connectivity index (χ1n) is 6.68. The predicted molar refractivity (Wildman–Crippen MR) is 72.5 cm³/mol. The van der Waals surface area contributed by atoms with Gasteiger partial charge in [0.15, 0.2) is 0 Å². The number of carbonyl (C=O) groups excluding carboxylic acids is 1. The molecular formula is C14H16N4O2. The number of benzene rings is 1. The lowest BCUT2D eigenvalue weighted by molar-refractivity contribution is 0.0677. The lowest BCUT2D eigenvalue weighted by atomic mass is 10.1. The van der Waals surface area contributed by atoms with Crippen LogP contribution in [0, 0.1) is 0 Å². The Labute approximate surface area is 116 Å². The third-order valence-electron chi connectivity index (χ3n) is 3.65. The number of aliphatic hydroxyl groups excluding tert-OH is 1. The quantitative estimate of drug-likeness (QED) is 0.899. The number of rotatable bonds is 3. The molecule has 1 aliphatic heterocycles. The van der Waals surface area contributed by atoms with Crippen molar-refractivity contribution in [2.75, 3.05) is 13.2 Å². The van der Waals surface area contributed by atoms with E-state index in [1.807, 2.05) is 12.1 Å². The van der Waals surface area contributed by atoms with Crippen LogP contribution in [0.5, 0.6) is 0 Å². The van der Waals surface area contributed by atoms with Crippen LogP contribution in [0.2, 0.25) is 0 Å². The molecule has 0 aliphatic carbocycles. The van der Waals surface area contributed by atoms with Crippen LogP contribution in [0.3, 0.4) is 0 Å². The van der Waals surface area contributed by atoms with E-state index in [-0.39, 0.29) is 18.6 Å². The van der Waals surface area contributed by atoms with Gasteiger partial charge in [0.2, 0.25) is 0 Å². The van der Waals surface area contributed by atoms with E-state index in [0.717, 1.165) is 25.1 Å². The maximum Gasteiger partial charge on any atom is 0.254 e. The predicted octanol–water partition coefficient (Wildman–Crippen LogP) is 0.864. The Balaban J connectivity index is 1.79. The summed E-state index contributed by atoms with van der Waals surface area (Å²) in [7, 11) is 0. The number of likely N-dealkylation sites (tertiary alicyclic amines) is 1. The number of aliphatic hydroxyl groups is 1. The van der Waals surface area contributed by atoms with E-state index in [0.29, 0.717) is 5.56 Å². The second-order valence-electron chi connectivity index (χ2n) is 4.87. The zero-order chi connectivity index (χ0) is 13.9. The van der Waals surface area contributed by atoms with E-state index in [1.165, 1.54) is 0 Å². The Kier molecular flexibility index (Phi) is 3.47. The lowest BCUT2D eigenvalue weighted by Gasteiger charge is -2.23. The van der Waals surface area contributed by atoms with Crippen LogP contribution >= 0.6 is 0 Å². The first kappa shape index (κ1) is 12.8. The van der Waals surface area contributed by atoms with Gasteiger partial charge >= 0.3 is 0 Å². The van der Waals surface area contributed by atoms with Crippen LogP contribution in [0.15, 0.2) is 36.7 Å². The zero-order valence-corrected chi connectivity index (χ0v) is 11.0. The van der Waals surface area contributed by atoms with Crippen molar-refractivity contribution in [1.29, 1.82) is 0 Å². The molecule has 1 fully saturated rings. The molecule has 20 heavy (non-hydrogen) atoms. The van der Waals surface area contributed by atoms with Crippen molar-refractivity contribution in [2.45, 2.75) is 18.9 Å². The lowest BCUT2D eigenvalue weighted by Crippen LogP contribution is -2.37. The average Bonchev–Trinajstić information content (AvgIpc) is 3.17. The fourth-order valence-corrected chi connectivity index (χ4v) is 2.56. The highest BCUT2D eigenvalue weighted by molar-refractivity contribution is 5.94. The van der Waals surface area contributed by atoms with Crippen molar-refractivity contribution >= 4 is 5.91 Å². The van der Waals surface area contributed by atoms with Crippen molar-refractivity contribution in [1.82, 2.24) is 19.9 Å². The number of hydrogen-bond donors (Lipinski definition) is 1. The fourth-order valence-electron chi connectivity index (χ4n) is 2.56. The van der Waals surface area contributed by atoms with Crippen LogP contribution in [0.1, 0.15) is 23.2 Å². The largest absolute Gasteiger partial charge is 0.394 e. The first-order valence-corrected chi connectivity index (χ1v) is 6.68. The van der Waals surface area contributed by atoms with Crippen molar-refractivity contribution in [3.05, 3.63) is 42.2 Å². The van der Waals surface area contributed by atoms with E-state index in [9.17, 15) is 9.90 Å². The van der Waals surface area contributed by atoms with Gasteiger partial charge in [0.05, 0.1) is 30.7 Å². The van der Waals surface area contributed by atoms with Gasteiger partial charge in [0.1, 0.15) is 0 Å². The van der Waals surface area contributed by atoms with Gasteiger partial charge in [-0.1, -0.05) is 5.21 Å².